The monoisotopic (exact) mass is 444 g/mol. The third-order valence-corrected chi connectivity index (χ3v) is 6.01. The van der Waals surface area contributed by atoms with Crippen LogP contribution in [0.25, 0.3) is 11.4 Å². The van der Waals surface area contributed by atoms with Crippen molar-refractivity contribution >= 4 is 33.6 Å². The molecule has 1 heterocycles. The first-order valence-corrected chi connectivity index (χ1v) is 10.5. The number of halogens is 1. The highest BCUT2D eigenvalue weighted by atomic mass is 79.9. The van der Waals surface area contributed by atoms with Gasteiger partial charge in [0.05, 0.1) is 0 Å². The molecule has 0 aliphatic carbocycles. The van der Waals surface area contributed by atoms with Crippen molar-refractivity contribution in [1.29, 1.82) is 0 Å². The number of carbonyl (C=O) groups is 1. The zero-order valence-electron chi connectivity index (χ0n) is 15.2. The lowest BCUT2D eigenvalue weighted by Crippen LogP contribution is -2.33. The van der Waals surface area contributed by atoms with Crippen LogP contribution in [-0.2, 0) is 4.79 Å². The fourth-order valence-electron chi connectivity index (χ4n) is 2.77. The summed E-state index contributed by atoms with van der Waals surface area (Å²) in [4.78, 5) is 19.5. The first-order chi connectivity index (χ1) is 13.1. The quantitative estimate of drug-likeness (QED) is 0.524. The van der Waals surface area contributed by atoms with Crippen molar-refractivity contribution in [3.8, 4) is 11.4 Å². The summed E-state index contributed by atoms with van der Waals surface area (Å²) in [6.45, 7) is 5.34. The molecule has 1 atom stereocenters. The summed E-state index contributed by atoms with van der Waals surface area (Å²) in [5, 5.41) is 7.48. The average molecular weight is 445 g/mol. The molecule has 1 aromatic heterocycles. The highest BCUT2D eigenvalue weighted by Crippen LogP contribution is 2.36. The molecule has 0 aliphatic rings. The van der Waals surface area contributed by atoms with Crippen molar-refractivity contribution in [3.63, 3.8) is 0 Å². The Morgan fingerprint density at radius 3 is 2.44 bits per heavy atom. The van der Waals surface area contributed by atoms with Crippen LogP contribution in [0.1, 0.15) is 24.7 Å². The van der Waals surface area contributed by atoms with Gasteiger partial charge in [0.1, 0.15) is 5.25 Å². The molecule has 3 rings (SSSR count). The molecule has 0 saturated heterocycles. The van der Waals surface area contributed by atoms with Crippen molar-refractivity contribution in [2.75, 3.05) is 13.1 Å². The van der Waals surface area contributed by atoms with Gasteiger partial charge in [0, 0.05) is 23.1 Å². The first-order valence-electron chi connectivity index (χ1n) is 8.81. The number of likely N-dealkylation sites (N-methyl/N-ethyl adjacent to an activating group) is 1. The average Bonchev–Trinajstić information content (AvgIpc) is 3.16. The Balaban J connectivity index is 1.89. The second-order valence-electron chi connectivity index (χ2n) is 5.87. The third-order valence-electron chi connectivity index (χ3n) is 4.22. The number of aromatic nitrogens is 3. The van der Waals surface area contributed by atoms with Gasteiger partial charge in [-0.3, -0.25) is 9.89 Å². The molecule has 2 aromatic carbocycles. The Kier molecular flexibility index (Phi) is 6.68. The van der Waals surface area contributed by atoms with Crippen molar-refractivity contribution in [1.82, 2.24) is 20.1 Å². The van der Waals surface area contributed by atoms with Crippen LogP contribution >= 0.6 is 27.7 Å². The SMILES string of the molecule is CCN(CC)C(=O)C(Sc1n[nH]c(-c2ccccc2Br)n1)c1ccccc1. The van der Waals surface area contributed by atoms with Crippen LogP contribution < -0.4 is 0 Å². The van der Waals surface area contributed by atoms with Gasteiger partial charge in [-0.05, 0) is 25.5 Å². The van der Waals surface area contributed by atoms with E-state index in [1.54, 1.807) is 0 Å². The molecule has 0 bridgehead atoms. The number of nitrogens with one attached hydrogen (secondary N) is 1. The van der Waals surface area contributed by atoms with E-state index in [1.807, 2.05) is 73.3 Å². The lowest BCUT2D eigenvalue weighted by molar-refractivity contribution is -0.130. The van der Waals surface area contributed by atoms with Crippen LogP contribution in [0.2, 0.25) is 0 Å². The molecule has 27 heavy (non-hydrogen) atoms. The van der Waals surface area contributed by atoms with Crippen LogP contribution in [0.3, 0.4) is 0 Å². The number of hydrogen-bond donors (Lipinski definition) is 1. The van der Waals surface area contributed by atoms with Gasteiger partial charge in [-0.1, -0.05) is 76.2 Å². The number of H-pyrrole nitrogens is 1. The molecule has 1 unspecified atom stereocenters. The molecule has 5 nitrogen and oxygen atoms in total. The molecular formula is C20H21BrN4OS. The largest absolute Gasteiger partial charge is 0.342 e. The predicted octanol–water partition coefficient (Wildman–Crippen LogP) is 4.94. The summed E-state index contributed by atoms with van der Waals surface area (Å²) in [5.74, 6) is 0.746. The van der Waals surface area contributed by atoms with Crippen LogP contribution in [-0.4, -0.2) is 39.1 Å². The van der Waals surface area contributed by atoms with Crippen molar-refractivity contribution in [2.24, 2.45) is 0 Å². The molecule has 0 fully saturated rings. The number of rotatable bonds is 7. The van der Waals surface area contributed by atoms with Gasteiger partial charge in [0.2, 0.25) is 11.1 Å². The highest BCUT2D eigenvalue weighted by Gasteiger charge is 2.27. The maximum atomic E-state index is 13.1. The van der Waals surface area contributed by atoms with E-state index >= 15 is 0 Å². The van der Waals surface area contributed by atoms with Gasteiger partial charge < -0.3 is 4.90 Å². The predicted molar refractivity (Wildman–Crippen MR) is 112 cm³/mol. The van der Waals surface area contributed by atoms with Gasteiger partial charge >= 0.3 is 0 Å². The summed E-state index contributed by atoms with van der Waals surface area (Å²) in [6.07, 6.45) is 0. The normalized spacial score (nSPS) is 12.0. The second-order valence-corrected chi connectivity index (χ2v) is 7.79. The van der Waals surface area contributed by atoms with Crippen molar-refractivity contribution < 1.29 is 4.79 Å². The van der Waals surface area contributed by atoms with E-state index in [1.165, 1.54) is 11.8 Å². The number of nitrogens with zero attached hydrogens (tertiary/aromatic N) is 3. The van der Waals surface area contributed by atoms with E-state index in [4.69, 9.17) is 0 Å². The van der Waals surface area contributed by atoms with Gasteiger partial charge in [-0.2, -0.15) is 0 Å². The standard InChI is InChI=1S/C20H21BrN4OS/c1-3-25(4-2)19(26)17(14-10-6-5-7-11-14)27-20-22-18(23-24-20)15-12-8-9-13-16(15)21/h5-13,17H,3-4H2,1-2H3,(H,22,23,24). The first kappa shape index (κ1) is 19.6. The molecule has 140 valence electrons. The van der Waals surface area contributed by atoms with E-state index in [-0.39, 0.29) is 11.2 Å². The van der Waals surface area contributed by atoms with E-state index in [2.05, 4.69) is 31.1 Å². The van der Waals surface area contributed by atoms with Gasteiger partial charge in [-0.25, -0.2) is 4.98 Å². The number of thioether (sulfide) groups is 1. The zero-order chi connectivity index (χ0) is 19.2. The number of benzene rings is 2. The summed E-state index contributed by atoms with van der Waals surface area (Å²) >= 11 is 4.91. The number of amides is 1. The van der Waals surface area contributed by atoms with E-state index in [0.717, 1.165) is 15.6 Å². The molecular weight excluding hydrogens is 424 g/mol. The van der Waals surface area contributed by atoms with Gasteiger partial charge in [0.25, 0.3) is 0 Å². The van der Waals surface area contributed by atoms with Gasteiger partial charge in [-0.15, -0.1) is 5.10 Å². The molecule has 7 heteroatoms. The van der Waals surface area contributed by atoms with Crippen molar-refractivity contribution in [3.05, 3.63) is 64.6 Å². The Morgan fingerprint density at radius 2 is 1.78 bits per heavy atom. The summed E-state index contributed by atoms with van der Waals surface area (Å²) in [5.41, 5.74) is 1.88. The zero-order valence-corrected chi connectivity index (χ0v) is 17.6. The number of aromatic amines is 1. The topological polar surface area (TPSA) is 61.9 Å². The van der Waals surface area contributed by atoms with Gasteiger partial charge in [0.15, 0.2) is 5.82 Å². The lowest BCUT2D eigenvalue weighted by atomic mass is 10.1. The third kappa shape index (κ3) is 4.59. The molecule has 3 aromatic rings. The smallest absolute Gasteiger partial charge is 0.240 e. The molecule has 1 N–H and O–H groups in total. The summed E-state index contributed by atoms with van der Waals surface area (Å²) in [7, 11) is 0. The van der Waals surface area contributed by atoms with Crippen LogP contribution in [0.4, 0.5) is 0 Å². The van der Waals surface area contributed by atoms with E-state index in [0.29, 0.717) is 24.1 Å². The minimum atomic E-state index is -0.381. The number of carbonyl (C=O) groups excluding carboxylic acids is 1. The lowest BCUT2D eigenvalue weighted by Gasteiger charge is -2.24. The summed E-state index contributed by atoms with van der Waals surface area (Å²) < 4.78 is 0.941. The fraction of sp³-hybridized carbons (Fsp3) is 0.250. The van der Waals surface area contributed by atoms with Crippen molar-refractivity contribution in [2.45, 2.75) is 24.3 Å². The highest BCUT2D eigenvalue weighted by molar-refractivity contribution is 9.10. The molecule has 0 radical (unpaired) electrons. The van der Waals surface area contributed by atoms with Crippen LogP contribution in [0, 0.1) is 0 Å². The maximum Gasteiger partial charge on any atom is 0.240 e. The fourth-order valence-corrected chi connectivity index (χ4v) is 4.24. The number of hydrogen-bond acceptors (Lipinski definition) is 4. The Hall–Kier alpha value is -2.12. The second kappa shape index (κ2) is 9.19. The van der Waals surface area contributed by atoms with E-state index in [9.17, 15) is 4.79 Å². The van der Waals surface area contributed by atoms with Crippen LogP contribution in [0.5, 0.6) is 0 Å². The van der Waals surface area contributed by atoms with E-state index < -0.39 is 0 Å². The Morgan fingerprint density at radius 1 is 1.11 bits per heavy atom. The van der Waals surface area contributed by atoms with Crippen LogP contribution in [0.15, 0.2) is 64.2 Å². The maximum absolute atomic E-state index is 13.1. The molecule has 0 aliphatic heterocycles. The Labute approximate surface area is 171 Å². The molecule has 0 saturated carbocycles. The molecule has 0 spiro atoms. The minimum absolute atomic E-state index is 0.0726. The Bertz CT molecular complexity index is 896. The minimum Gasteiger partial charge on any atom is -0.342 e. The molecule has 1 amide bonds. The summed E-state index contributed by atoms with van der Waals surface area (Å²) in [6, 6.07) is 17.6.